The zero-order valence-corrected chi connectivity index (χ0v) is 21.7. The molecule has 0 radical (unpaired) electrons. The van der Waals surface area contributed by atoms with Crippen molar-refractivity contribution in [2.45, 2.75) is 57.1 Å². The van der Waals surface area contributed by atoms with E-state index in [4.69, 9.17) is 0 Å². The normalized spacial score (nSPS) is 16.0. The lowest BCUT2D eigenvalue weighted by molar-refractivity contribution is -0.140. The Balaban J connectivity index is 1.79. The van der Waals surface area contributed by atoms with Crippen LogP contribution in [0.4, 0.5) is 0 Å². The van der Waals surface area contributed by atoms with Crippen LogP contribution in [0, 0.1) is 0 Å². The van der Waals surface area contributed by atoms with Crippen molar-refractivity contribution >= 4 is 43.7 Å². The Morgan fingerprint density at radius 2 is 1.82 bits per heavy atom. The summed E-state index contributed by atoms with van der Waals surface area (Å²) in [5.74, 6) is -1.37. The highest BCUT2D eigenvalue weighted by atomic mass is 79.9. The molecular formula is C24H28BrN3O5S. The molecule has 1 N–H and O–H groups in total. The van der Waals surface area contributed by atoms with E-state index in [1.54, 1.807) is 19.1 Å². The predicted molar refractivity (Wildman–Crippen MR) is 131 cm³/mol. The fourth-order valence-electron chi connectivity index (χ4n) is 3.67. The molecule has 2 aromatic rings. The molecule has 0 saturated carbocycles. The van der Waals surface area contributed by atoms with Gasteiger partial charge in [-0.2, -0.15) is 0 Å². The molecule has 0 fully saturated rings. The summed E-state index contributed by atoms with van der Waals surface area (Å²) in [5, 5.41) is 2.89. The standard InChI is InChI=1S/C24H28BrN3O5S/c1-4-16(2)26-23(30)17(3)27(15-18-8-7-9-19(25)14-18)22(29)12-13-28-24(31)20-10-5-6-11-21(20)34(28,32)33/h5-11,14,16-17H,4,12-13,15H2,1-3H3,(H,26,30)/t16-,17-/m0/s1. The van der Waals surface area contributed by atoms with E-state index in [1.165, 1.54) is 17.0 Å². The molecule has 0 spiro atoms. The van der Waals surface area contributed by atoms with Gasteiger partial charge in [-0.25, -0.2) is 12.7 Å². The molecule has 3 rings (SSSR count). The lowest BCUT2D eigenvalue weighted by Crippen LogP contribution is -2.50. The highest BCUT2D eigenvalue weighted by Crippen LogP contribution is 2.30. The van der Waals surface area contributed by atoms with Crippen molar-refractivity contribution in [2.24, 2.45) is 0 Å². The number of hydrogen-bond donors (Lipinski definition) is 1. The van der Waals surface area contributed by atoms with Crippen LogP contribution in [0.1, 0.15) is 49.5 Å². The number of nitrogens with zero attached hydrogens (tertiary/aromatic N) is 2. The molecule has 2 aromatic carbocycles. The van der Waals surface area contributed by atoms with Crippen LogP contribution in [-0.4, -0.2) is 54.0 Å². The van der Waals surface area contributed by atoms with E-state index in [1.807, 2.05) is 38.1 Å². The monoisotopic (exact) mass is 549 g/mol. The van der Waals surface area contributed by atoms with Gasteiger partial charge < -0.3 is 10.2 Å². The smallest absolute Gasteiger partial charge is 0.269 e. The summed E-state index contributed by atoms with van der Waals surface area (Å²) in [4.78, 5) is 40.1. The van der Waals surface area contributed by atoms with Gasteiger partial charge >= 0.3 is 0 Å². The summed E-state index contributed by atoms with van der Waals surface area (Å²) < 4.78 is 27.2. The zero-order valence-electron chi connectivity index (χ0n) is 19.3. The van der Waals surface area contributed by atoms with Crippen LogP contribution < -0.4 is 5.32 Å². The molecule has 0 saturated heterocycles. The Hall–Kier alpha value is -2.72. The fraction of sp³-hybridized carbons (Fsp3) is 0.375. The first kappa shape index (κ1) is 25.9. The van der Waals surface area contributed by atoms with Crippen LogP contribution in [-0.2, 0) is 26.2 Å². The number of nitrogens with one attached hydrogen (secondary N) is 1. The van der Waals surface area contributed by atoms with E-state index < -0.39 is 27.9 Å². The third-order valence-electron chi connectivity index (χ3n) is 5.85. The second-order valence-corrected chi connectivity index (χ2v) is 11.0. The summed E-state index contributed by atoms with van der Waals surface area (Å²) in [5.41, 5.74) is 0.908. The van der Waals surface area contributed by atoms with Crippen LogP contribution in [0.15, 0.2) is 57.9 Å². The van der Waals surface area contributed by atoms with Gasteiger partial charge in [0.2, 0.25) is 11.8 Å². The van der Waals surface area contributed by atoms with Crippen molar-refractivity contribution in [2.75, 3.05) is 6.54 Å². The molecule has 10 heteroatoms. The number of rotatable bonds is 9. The number of hydrogen-bond acceptors (Lipinski definition) is 5. The molecule has 0 unspecified atom stereocenters. The Kier molecular flexibility index (Phi) is 8.14. The van der Waals surface area contributed by atoms with E-state index in [0.29, 0.717) is 0 Å². The summed E-state index contributed by atoms with van der Waals surface area (Å²) in [6.07, 6.45) is 0.501. The van der Waals surface area contributed by atoms with Crippen molar-refractivity contribution < 1.29 is 22.8 Å². The van der Waals surface area contributed by atoms with Gasteiger partial charge in [-0.15, -0.1) is 0 Å². The summed E-state index contributed by atoms with van der Waals surface area (Å²) in [6, 6.07) is 12.5. The summed E-state index contributed by atoms with van der Waals surface area (Å²) >= 11 is 3.41. The maximum atomic E-state index is 13.3. The quantitative estimate of drug-likeness (QED) is 0.516. The lowest BCUT2D eigenvalue weighted by atomic mass is 10.1. The minimum atomic E-state index is -4.01. The highest BCUT2D eigenvalue weighted by Gasteiger charge is 2.41. The van der Waals surface area contributed by atoms with Crippen LogP contribution in [0.25, 0.3) is 0 Å². The van der Waals surface area contributed by atoms with Gasteiger partial charge in [-0.3, -0.25) is 14.4 Å². The van der Waals surface area contributed by atoms with Crippen molar-refractivity contribution in [3.05, 3.63) is 64.1 Å². The third-order valence-corrected chi connectivity index (χ3v) is 8.18. The Morgan fingerprint density at radius 1 is 1.12 bits per heavy atom. The topological polar surface area (TPSA) is 104 Å². The molecule has 1 aliphatic rings. The third kappa shape index (κ3) is 5.50. The van der Waals surface area contributed by atoms with Crippen LogP contribution in [0.2, 0.25) is 0 Å². The fourth-order valence-corrected chi connectivity index (χ4v) is 5.69. The molecule has 2 atom stereocenters. The van der Waals surface area contributed by atoms with Crippen LogP contribution >= 0.6 is 15.9 Å². The van der Waals surface area contributed by atoms with Gasteiger partial charge in [0, 0.05) is 30.0 Å². The second-order valence-electron chi connectivity index (χ2n) is 8.27. The van der Waals surface area contributed by atoms with Crippen molar-refractivity contribution in [1.82, 2.24) is 14.5 Å². The number of benzene rings is 2. The molecule has 0 aromatic heterocycles. The van der Waals surface area contributed by atoms with Gasteiger partial charge in [0.15, 0.2) is 0 Å². The van der Waals surface area contributed by atoms with Gasteiger partial charge in [0.1, 0.15) is 10.9 Å². The van der Waals surface area contributed by atoms with E-state index >= 15 is 0 Å². The molecular weight excluding hydrogens is 522 g/mol. The minimum Gasteiger partial charge on any atom is -0.352 e. The van der Waals surface area contributed by atoms with E-state index in [9.17, 15) is 22.8 Å². The maximum absolute atomic E-state index is 13.3. The van der Waals surface area contributed by atoms with Crippen LogP contribution in [0.3, 0.4) is 0 Å². The number of carbonyl (C=O) groups is 3. The van der Waals surface area contributed by atoms with E-state index in [-0.39, 0.29) is 41.9 Å². The Bertz CT molecular complexity index is 1200. The SMILES string of the molecule is CC[C@H](C)NC(=O)[C@H](C)N(Cc1cccc(Br)c1)C(=O)CCN1C(=O)c2ccccc2S1(=O)=O. The molecule has 182 valence electrons. The number of carbonyl (C=O) groups excluding carboxylic acids is 3. The van der Waals surface area contributed by atoms with Gasteiger partial charge in [0.05, 0.1) is 5.56 Å². The molecule has 3 amide bonds. The van der Waals surface area contributed by atoms with E-state index in [2.05, 4.69) is 21.2 Å². The van der Waals surface area contributed by atoms with Crippen LogP contribution in [0.5, 0.6) is 0 Å². The molecule has 1 heterocycles. The highest BCUT2D eigenvalue weighted by molar-refractivity contribution is 9.10. The number of fused-ring (bicyclic) bond motifs is 1. The van der Waals surface area contributed by atoms with Gasteiger partial charge in [0.25, 0.3) is 15.9 Å². The molecule has 34 heavy (non-hydrogen) atoms. The summed E-state index contributed by atoms with van der Waals surface area (Å²) in [6.45, 7) is 5.33. The first-order valence-corrected chi connectivity index (χ1v) is 13.3. The number of sulfonamides is 1. The molecule has 0 bridgehead atoms. The predicted octanol–water partition coefficient (Wildman–Crippen LogP) is 3.32. The first-order valence-electron chi connectivity index (χ1n) is 11.1. The average Bonchev–Trinajstić information content (AvgIpc) is 3.00. The second kappa shape index (κ2) is 10.7. The van der Waals surface area contributed by atoms with Crippen molar-refractivity contribution in [3.8, 4) is 0 Å². The summed E-state index contributed by atoms with van der Waals surface area (Å²) in [7, 11) is -4.01. The lowest BCUT2D eigenvalue weighted by Gasteiger charge is -2.30. The average molecular weight is 550 g/mol. The van der Waals surface area contributed by atoms with Crippen molar-refractivity contribution in [3.63, 3.8) is 0 Å². The maximum Gasteiger partial charge on any atom is 0.269 e. The van der Waals surface area contributed by atoms with Gasteiger partial charge in [-0.1, -0.05) is 47.1 Å². The molecule has 8 nitrogen and oxygen atoms in total. The Morgan fingerprint density at radius 3 is 2.47 bits per heavy atom. The number of amides is 3. The number of halogens is 1. The Labute approximate surface area is 208 Å². The minimum absolute atomic E-state index is 0.0522. The first-order chi connectivity index (χ1) is 16.1. The van der Waals surface area contributed by atoms with E-state index in [0.717, 1.165) is 20.8 Å². The van der Waals surface area contributed by atoms with Gasteiger partial charge in [-0.05, 0) is 50.1 Å². The largest absolute Gasteiger partial charge is 0.352 e. The van der Waals surface area contributed by atoms with Crippen molar-refractivity contribution in [1.29, 1.82) is 0 Å². The molecule has 1 aliphatic heterocycles. The molecule has 0 aliphatic carbocycles. The zero-order chi connectivity index (χ0) is 25.0.